The van der Waals surface area contributed by atoms with Crippen molar-refractivity contribution in [1.82, 2.24) is 0 Å². The number of fused-ring (bicyclic) bond motifs is 1. The lowest BCUT2D eigenvalue weighted by Gasteiger charge is -2.49. The van der Waals surface area contributed by atoms with E-state index in [0.29, 0.717) is 17.4 Å². The smallest absolute Gasteiger partial charge is 0.338 e. The summed E-state index contributed by atoms with van der Waals surface area (Å²) in [6, 6.07) is 5.52. The summed E-state index contributed by atoms with van der Waals surface area (Å²) in [5.41, 5.74) is 0.311. The highest BCUT2D eigenvalue weighted by Crippen LogP contribution is 2.48. The topological polar surface area (TPSA) is 69.4 Å². The van der Waals surface area contributed by atoms with Crippen molar-refractivity contribution in [2.75, 3.05) is 0 Å². The minimum atomic E-state index is -0.488. The van der Waals surface area contributed by atoms with Gasteiger partial charge in [0.2, 0.25) is 0 Å². The van der Waals surface area contributed by atoms with Crippen LogP contribution in [0.5, 0.6) is 0 Å². The van der Waals surface area contributed by atoms with Gasteiger partial charge >= 0.3 is 5.97 Å². The molecule has 4 atom stereocenters. The first kappa shape index (κ1) is 14.5. The number of nitrogens with zero attached hydrogens (tertiary/aromatic N) is 1. The number of ether oxygens (including phenoxy) is 1. The van der Waals surface area contributed by atoms with Crippen molar-refractivity contribution in [1.29, 1.82) is 0 Å². The van der Waals surface area contributed by atoms with Crippen molar-refractivity contribution in [3.63, 3.8) is 0 Å². The molecule has 0 unspecified atom stereocenters. The van der Waals surface area contributed by atoms with Crippen LogP contribution in [-0.4, -0.2) is 17.0 Å². The monoisotopic (exact) mass is 299 g/mol. The maximum absolute atomic E-state index is 12.2. The number of benzene rings is 1. The number of carbonyl (C=O) groups is 1. The molecule has 0 amide bonds. The lowest BCUT2D eigenvalue weighted by atomic mass is 9.60. The molecule has 0 aliphatic heterocycles. The summed E-state index contributed by atoms with van der Waals surface area (Å²) < 4.78 is 5.65. The third kappa shape index (κ3) is 2.43. The van der Waals surface area contributed by atoms with Crippen LogP contribution in [0, 0.1) is 27.9 Å². The largest absolute Gasteiger partial charge is 0.458 e. The Balaban J connectivity index is 1.70. The van der Waals surface area contributed by atoms with E-state index in [1.807, 2.05) is 12.2 Å². The molecule has 1 saturated carbocycles. The van der Waals surface area contributed by atoms with Crippen molar-refractivity contribution in [3.05, 3.63) is 64.2 Å². The molecule has 1 aromatic carbocycles. The number of carbonyl (C=O) groups excluding carboxylic acids is 1. The van der Waals surface area contributed by atoms with E-state index in [2.05, 4.69) is 19.1 Å². The average Bonchev–Trinajstić information content (AvgIpc) is 2.53. The summed E-state index contributed by atoms with van der Waals surface area (Å²) >= 11 is 0. The Morgan fingerprint density at radius 3 is 2.41 bits per heavy atom. The summed E-state index contributed by atoms with van der Waals surface area (Å²) in [5, 5.41) is 10.6. The highest BCUT2D eigenvalue weighted by Gasteiger charge is 2.49. The molecule has 22 heavy (non-hydrogen) atoms. The number of allylic oxidation sites excluding steroid dienone is 3. The van der Waals surface area contributed by atoms with Gasteiger partial charge in [-0.1, -0.05) is 31.2 Å². The zero-order valence-electron chi connectivity index (χ0n) is 12.2. The first-order valence-corrected chi connectivity index (χ1v) is 7.42. The minimum Gasteiger partial charge on any atom is -0.458 e. The number of esters is 1. The molecular weight excluding hydrogens is 282 g/mol. The fourth-order valence-electron chi connectivity index (χ4n) is 3.34. The van der Waals surface area contributed by atoms with Crippen LogP contribution in [-0.2, 0) is 4.74 Å². The summed E-state index contributed by atoms with van der Waals surface area (Å²) in [4.78, 5) is 22.4. The molecule has 0 saturated heterocycles. The van der Waals surface area contributed by atoms with E-state index < -0.39 is 10.9 Å². The van der Waals surface area contributed by atoms with E-state index in [0.717, 1.165) is 6.42 Å². The Bertz CT molecular complexity index is 647. The quantitative estimate of drug-likeness (QED) is 0.484. The zero-order chi connectivity index (χ0) is 15.7. The van der Waals surface area contributed by atoms with E-state index in [1.165, 1.54) is 24.3 Å². The second-order valence-electron chi connectivity index (χ2n) is 5.67. The molecule has 0 bridgehead atoms. The van der Waals surface area contributed by atoms with Crippen LogP contribution in [0.3, 0.4) is 0 Å². The van der Waals surface area contributed by atoms with Crippen molar-refractivity contribution >= 4 is 11.7 Å². The molecule has 2 aliphatic carbocycles. The normalized spacial score (nSPS) is 28.6. The molecule has 5 heteroatoms. The van der Waals surface area contributed by atoms with Crippen LogP contribution in [0.15, 0.2) is 48.6 Å². The highest BCUT2D eigenvalue weighted by molar-refractivity contribution is 5.89. The molecule has 5 nitrogen and oxygen atoms in total. The molecule has 0 aromatic heterocycles. The first-order valence-electron chi connectivity index (χ1n) is 7.42. The van der Waals surface area contributed by atoms with Crippen LogP contribution in [0.25, 0.3) is 0 Å². The SMILES string of the molecule is CC[C@@H]1[C@@H]2C=CC=C[C@H]2[C@H]1OC(=O)c1ccc([N+](=O)[O-])cc1. The maximum Gasteiger partial charge on any atom is 0.338 e. The van der Waals surface area contributed by atoms with Crippen LogP contribution in [0.4, 0.5) is 5.69 Å². The van der Waals surface area contributed by atoms with E-state index in [4.69, 9.17) is 4.74 Å². The van der Waals surface area contributed by atoms with E-state index in [1.54, 1.807) is 0 Å². The van der Waals surface area contributed by atoms with Crippen LogP contribution >= 0.6 is 0 Å². The number of nitro benzene ring substituents is 1. The Hall–Kier alpha value is -2.43. The summed E-state index contributed by atoms with van der Waals surface area (Å²) in [7, 11) is 0. The highest BCUT2D eigenvalue weighted by atomic mass is 16.6. The van der Waals surface area contributed by atoms with Crippen LogP contribution in [0.1, 0.15) is 23.7 Å². The molecular formula is C17H17NO4. The standard InChI is InChI=1S/C17H17NO4/c1-2-13-14-5-3-4-6-15(14)16(13)22-17(19)11-7-9-12(10-8-11)18(20)21/h3-10,13-16H,2H2,1H3/t13-,14+,15-,16+/m1/s1. The number of nitro groups is 1. The summed E-state index contributed by atoms with van der Waals surface area (Å²) in [6.45, 7) is 2.10. The van der Waals surface area contributed by atoms with Crippen molar-refractivity contribution in [3.8, 4) is 0 Å². The maximum atomic E-state index is 12.2. The molecule has 3 rings (SSSR count). The minimum absolute atomic E-state index is 0.0351. The second kappa shape index (κ2) is 5.75. The average molecular weight is 299 g/mol. The van der Waals surface area contributed by atoms with Gasteiger partial charge in [-0.05, 0) is 24.5 Å². The fraction of sp³-hybridized carbons (Fsp3) is 0.353. The van der Waals surface area contributed by atoms with Gasteiger partial charge < -0.3 is 4.74 Å². The molecule has 1 fully saturated rings. The zero-order valence-corrected chi connectivity index (χ0v) is 12.2. The van der Waals surface area contributed by atoms with Gasteiger partial charge in [0.15, 0.2) is 0 Å². The predicted molar refractivity (Wildman–Crippen MR) is 81.3 cm³/mol. The third-order valence-electron chi connectivity index (χ3n) is 4.55. The lowest BCUT2D eigenvalue weighted by Crippen LogP contribution is -2.52. The van der Waals surface area contributed by atoms with Crippen molar-refractivity contribution < 1.29 is 14.5 Å². The van der Waals surface area contributed by atoms with Gasteiger partial charge in [0.25, 0.3) is 5.69 Å². The Labute approximate surface area is 128 Å². The van der Waals surface area contributed by atoms with E-state index in [-0.39, 0.29) is 17.7 Å². The summed E-state index contributed by atoms with van der Waals surface area (Å²) in [6.07, 6.45) is 9.13. The Morgan fingerprint density at radius 1 is 1.18 bits per heavy atom. The first-order chi connectivity index (χ1) is 10.6. The van der Waals surface area contributed by atoms with Crippen molar-refractivity contribution in [2.45, 2.75) is 19.4 Å². The lowest BCUT2D eigenvalue weighted by molar-refractivity contribution is -0.384. The molecule has 0 spiro atoms. The van der Waals surface area contributed by atoms with Crippen molar-refractivity contribution in [2.24, 2.45) is 17.8 Å². The summed E-state index contributed by atoms with van der Waals surface area (Å²) in [5.74, 6) is 0.620. The van der Waals surface area contributed by atoms with Gasteiger partial charge in [-0.25, -0.2) is 4.79 Å². The predicted octanol–water partition coefficient (Wildman–Crippen LogP) is 3.52. The fourth-order valence-corrected chi connectivity index (χ4v) is 3.34. The van der Waals surface area contributed by atoms with Gasteiger partial charge in [-0.2, -0.15) is 0 Å². The molecule has 2 aliphatic rings. The van der Waals surface area contributed by atoms with Crippen LogP contribution < -0.4 is 0 Å². The van der Waals surface area contributed by atoms with Gasteiger partial charge in [0.05, 0.1) is 10.5 Å². The number of rotatable bonds is 4. The molecule has 0 radical (unpaired) electrons. The number of non-ortho nitro benzene ring substituents is 1. The van der Waals surface area contributed by atoms with Gasteiger partial charge in [-0.3, -0.25) is 10.1 Å². The van der Waals surface area contributed by atoms with Gasteiger partial charge in [0.1, 0.15) is 6.10 Å². The number of hydrogen-bond acceptors (Lipinski definition) is 4. The van der Waals surface area contributed by atoms with Gasteiger partial charge in [-0.15, -0.1) is 0 Å². The second-order valence-corrected chi connectivity index (χ2v) is 5.67. The van der Waals surface area contributed by atoms with E-state index in [9.17, 15) is 14.9 Å². The molecule has 0 heterocycles. The Morgan fingerprint density at radius 2 is 1.82 bits per heavy atom. The van der Waals surface area contributed by atoms with Crippen LogP contribution in [0.2, 0.25) is 0 Å². The number of hydrogen-bond donors (Lipinski definition) is 0. The Kier molecular flexibility index (Phi) is 3.79. The van der Waals surface area contributed by atoms with E-state index >= 15 is 0 Å². The molecule has 1 aromatic rings. The molecule has 114 valence electrons. The third-order valence-corrected chi connectivity index (χ3v) is 4.55. The molecule has 0 N–H and O–H groups in total. The van der Waals surface area contributed by atoms with Gasteiger partial charge in [0, 0.05) is 24.0 Å².